The van der Waals surface area contributed by atoms with Crippen molar-refractivity contribution < 1.29 is 4.42 Å². The summed E-state index contributed by atoms with van der Waals surface area (Å²) < 4.78 is 8.74. The van der Waals surface area contributed by atoms with Gasteiger partial charge in [0.05, 0.1) is 22.1 Å². The number of furan rings is 1. The van der Waals surface area contributed by atoms with Gasteiger partial charge in [-0.15, -0.1) is 0 Å². The van der Waals surface area contributed by atoms with Crippen LogP contribution in [0.4, 0.5) is 0 Å². The Morgan fingerprint density at radius 3 is 2.15 bits per heavy atom. The van der Waals surface area contributed by atoms with Gasteiger partial charge < -0.3 is 8.98 Å². The molecule has 0 atom stereocenters. The SMILES string of the molecule is CC1(C)c2cc3ccccc3cc2-c2ccc3c(c21)c1ccccc1n3-c1cccc2oc3ccccc3c12. The fraction of sp³-hybridized carbons (Fsp3) is 0.0811. The van der Waals surface area contributed by atoms with Crippen molar-refractivity contribution in [2.45, 2.75) is 19.3 Å². The summed E-state index contributed by atoms with van der Waals surface area (Å²) in [5, 5.41) is 7.53. The maximum Gasteiger partial charge on any atom is 0.137 e. The standard InChI is InChI=1S/C37H25NO/c1-37(2)28-21-23-11-4-3-10-22(23)20-27(28)24-18-19-31-35(36(24)37)25-12-5-7-14-29(25)38(31)30-15-9-17-33-34(30)26-13-6-8-16-32(26)39-33/h3-21H,1-2H3. The Hall–Kier alpha value is -4.82. The van der Waals surface area contributed by atoms with Crippen molar-refractivity contribution in [3.05, 3.63) is 126 Å². The predicted molar refractivity (Wildman–Crippen MR) is 163 cm³/mol. The number of nitrogens with zero attached hydrogens (tertiary/aromatic N) is 1. The Morgan fingerprint density at radius 1 is 0.564 bits per heavy atom. The van der Waals surface area contributed by atoms with E-state index in [1.807, 2.05) is 6.07 Å². The van der Waals surface area contributed by atoms with Crippen molar-refractivity contribution in [3.8, 4) is 16.8 Å². The van der Waals surface area contributed by atoms with E-state index in [-0.39, 0.29) is 5.41 Å². The van der Waals surface area contributed by atoms with Gasteiger partial charge in [-0.05, 0) is 75.5 Å². The van der Waals surface area contributed by atoms with Gasteiger partial charge in [0.1, 0.15) is 11.2 Å². The zero-order chi connectivity index (χ0) is 25.9. The van der Waals surface area contributed by atoms with Crippen LogP contribution >= 0.6 is 0 Å². The third kappa shape index (κ3) is 2.61. The lowest BCUT2D eigenvalue weighted by molar-refractivity contribution is 0.667. The van der Waals surface area contributed by atoms with Crippen LogP contribution in [0.15, 0.2) is 120 Å². The molecule has 0 saturated heterocycles. The zero-order valence-corrected chi connectivity index (χ0v) is 21.8. The first kappa shape index (κ1) is 21.2. The molecule has 6 aromatic carbocycles. The van der Waals surface area contributed by atoms with E-state index in [4.69, 9.17) is 4.42 Å². The molecule has 0 saturated carbocycles. The minimum atomic E-state index is -0.127. The minimum absolute atomic E-state index is 0.127. The number of para-hydroxylation sites is 2. The molecular formula is C37H25NO. The molecule has 2 heterocycles. The Bertz CT molecular complexity index is 2310. The number of aromatic nitrogens is 1. The van der Waals surface area contributed by atoms with Gasteiger partial charge in [-0.1, -0.05) is 86.6 Å². The van der Waals surface area contributed by atoms with Crippen LogP contribution in [0, 0.1) is 0 Å². The second kappa shape index (κ2) is 7.18. The lowest BCUT2D eigenvalue weighted by Gasteiger charge is -2.23. The average Bonchev–Trinajstić information content (AvgIpc) is 3.58. The largest absolute Gasteiger partial charge is 0.456 e. The molecule has 1 aliphatic carbocycles. The highest BCUT2D eigenvalue weighted by Gasteiger charge is 2.38. The van der Waals surface area contributed by atoms with Gasteiger partial charge in [0.15, 0.2) is 0 Å². The lowest BCUT2D eigenvalue weighted by Crippen LogP contribution is -2.15. The molecule has 0 fully saturated rings. The quantitative estimate of drug-likeness (QED) is 0.220. The van der Waals surface area contributed by atoms with Crippen molar-refractivity contribution in [3.63, 3.8) is 0 Å². The molecule has 9 rings (SSSR count). The Kier molecular flexibility index (Phi) is 3.89. The molecule has 184 valence electrons. The first-order valence-corrected chi connectivity index (χ1v) is 13.6. The van der Waals surface area contributed by atoms with Crippen LogP contribution in [0.2, 0.25) is 0 Å². The maximum atomic E-state index is 6.29. The highest BCUT2D eigenvalue weighted by molar-refractivity contribution is 6.17. The van der Waals surface area contributed by atoms with E-state index in [0.29, 0.717) is 0 Å². The highest BCUT2D eigenvalue weighted by atomic mass is 16.3. The fourth-order valence-corrected chi connectivity index (χ4v) is 7.25. The van der Waals surface area contributed by atoms with E-state index in [0.717, 1.165) is 27.6 Å². The summed E-state index contributed by atoms with van der Waals surface area (Å²) in [6, 6.07) is 41.8. The van der Waals surface area contributed by atoms with Gasteiger partial charge in [-0.2, -0.15) is 0 Å². The number of hydrogen-bond donors (Lipinski definition) is 0. The minimum Gasteiger partial charge on any atom is -0.456 e. The van der Waals surface area contributed by atoms with Crippen molar-refractivity contribution in [1.82, 2.24) is 4.57 Å². The summed E-state index contributed by atoms with van der Waals surface area (Å²) in [7, 11) is 0. The van der Waals surface area contributed by atoms with Gasteiger partial charge >= 0.3 is 0 Å². The van der Waals surface area contributed by atoms with E-state index in [2.05, 4.69) is 128 Å². The second-order valence-electron chi connectivity index (χ2n) is 11.4. The molecule has 0 unspecified atom stereocenters. The van der Waals surface area contributed by atoms with Gasteiger partial charge in [-0.3, -0.25) is 0 Å². The molecule has 0 bridgehead atoms. The number of rotatable bonds is 1. The molecule has 2 nitrogen and oxygen atoms in total. The van der Waals surface area contributed by atoms with Crippen LogP contribution < -0.4 is 0 Å². The molecule has 0 N–H and O–H groups in total. The molecule has 1 aliphatic rings. The fourth-order valence-electron chi connectivity index (χ4n) is 7.25. The Morgan fingerprint density at radius 2 is 1.28 bits per heavy atom. The Balaban J connectivity index is 1.44. The first-order valence-electron chi connectivity index (χ1n) is 13.6. The molecule has 0 amide bonds. The number of fused-ring (bicyclic) bond motifs is 11. The monoisotopic (exact) mass is 499 g/mol. The van der Waals surface area contributed by atoms with E-state index in [9.17, 15) is 0 Å². The van der Waals surface area contributed by atoms with E-state index in [1.54, 1.807) is 0 Å². The topological polar surface area (TPSA) is 18.1 Å². The first-order chi connectivity index (χ1) is 19.1. The van der Waals surface area contributed by atoms with Gasteiger partial charge in [0.2, 0.25) is 0 Å². The molecule has 8 aromatic rings. The van der Waals surface area contributed by atoms with Crippen molar-refractivity contribution in [2.24, 2.45) is 0 Å². The smallest absolute Gasteiger partial charge is 0.137 e. The molecule has 2 aromatic heterocycles. The van der Waals surface area contributed by atoms with Crippen molar-refractivity contribution in [2.75, 3.05) is 0 Å². The normalized spacial score (nSPS) is 14.1. The average molecular weight is 500 g/mol. The second-order valence-corrected chi connectivity index (χ2v) is 11.4. The van der Waals surface area contributed by atoms with E-state index in [1.165, 1.54) is 54.8 Å². The molecule has 0 spiro atoms. The summed E-state index contributed by atoms with van der Waals surface area (Å²) in [4.78, 5) is 0. The molecular weight excluding hydrogens is 474 g/mol. The van der Waals surface area contributed by atoms with Crippen LogP contribution in [0.25, 0.3) is 71.3 Å². The van der Waals surface area contributed by atoms with Crippen LogP contribution in [-0.2, 0) is 5.41 Å². The molecule has 0 aliphatic heterocycles. The van der Waals surface area contributed by atoms with Crippen LogP contribution in [0.5, 0.6) is 0 Å². The zero-order valence-electron chi connectivity index (χ0n) is 21.8. The van der Waals surface area contributed by atoms with Crippen molar-refractivity contribution >= 4 is 54.5 Å². The van der Waals surface area contributed by atoms with Crippen LogP contribution in [0.3, 0.4) is 0 Å². The molecule has 0 radical (unpaired) electrons. The lowest BCUT2D eigenvalue weighted by atomic mass is 9.80. The third-order valence-corrected chi connectivity index (χ3v) is 8.93. The summed E-state index contributed by atoms with van der Waals surface area (Å²) in [6.45, 7) is 4.78. The maximum absolute atomic E-state index is 6.29. The van der Waals surface area contributed by atoms with Gasteiger partial charge in [-0.25, -0.2) is 0 Å². The van der Waals surface area contributed by atoms with Gasteiger partial charge in [0, 0.05) is 21.6 Å². The summed E-state index contributed by atoms with van der Waals surface area (Å²) in [6.07, 6.45) is 0. The molecule has 39 heavy (non-hydrogen) atoms. The number of hydrogen-bond acceptors (Lipinski definition) is 1. The van der Waals surface area contributed by atoms with E-state index >= 15 is 0 Å². The van der Waals surface area contributed by atoms with E-state index < -0.39 is 0 Å². The van der Waals surface area contributed by atoms with Crippen LogP contribution in [0.1, 0.15) is 25.0 Å². The third-order valence-electron chi connectivity index (χ3n) is 8.93. The summed E-state index contributed by atoms with van der Waals surface area (Å²) in [5.74, 6) is 0. The van der Waals surface area contributed by atoms with Crippen molar-refractivity contribution in [1.29, 1.82) is 0 Å². The predicted octanol–water partition coefficient (Wildman–Crippen LogP) is 10.1. The van der Waals surface area contributed by atoms with Gasteiger partial charge in [0.25, 0.3) is 0 Å². The van der Waals surface area contributed by atoms with Crippen LogP contribution in [-0.4, -0.2) is 4.57 Å². The Labute approximate surface area is 225 Å². The molecule has 2 heteroatoms. The number of benzene rings is 6. The summed E-state index contributed by atoms with van der Waals surface area (Å²) >= 11 is 0. The summed E-state index contributed by atoms with van der Waals surface area (Å²) in [5.41, 5.74) is 10.9. The highest BCUT2D eigenvalue weighted by Crippen LogP contribution is 2.54.